The second-order valence-corrected chi connectivity index (χ2v) is 10.2. The number of benzene rings is 1. The first-order valence-electron chi connectivity index (χ1n) is 11.1. The van der Waals surface area contributed by atoms with Gasteiger partial charge in [0.05, 0.1) is 0 Å². The van der Waals surface area contributed by atoms with Crippen LogP contribution in [0.1, 0.15) is 70.8 Å². The van der Waals surface area contributed by atoms with Crippen molar-refractivity contribution in [3.05, 3.63) is 29.8 Å². The molecular weight excluding hydrogens is 316 g/mol. The maximum absolute atomic E-state index is 2.70. The average Bonchev–Trinajstić information content (AvgIpc) is 3.46. The maximum atomic E-state index is 2.70. The van der Waals surface area contributed by atoms with Gasteiger partial charge in [0.2, 0.25) is 0 Å². The van der Waals surface area contributed by atoms with Crippen molar-refractivity contribution in [3.8, 4) is 0 Å². The standard InChI is InChI=1S/C24H38N2/c1-24(2,3)21-12-10-20(11-13-21)22-6-4-5-7-23(22)26-16-14-25(15-17-26)18-19-8-9-19/h4-7,19-21H,8-18H2,1-3H3. The predicted octanol–water partition coefficient (Wildman–Crippen LogP) is 5.54. The summed E-state index contributed by atoms with van der Waals surface area (Å²) >= 11 is 0. The van der Waals surface area contributed by atoms with E-state index in [1.54, 1.807) is 5.56 Å². The highest BCUT2D eigenvalue weighted by Gasteiger charge is 2.32. The summed E-state index contributed by atoms with van der Waals surface area (Å²) in [7, 11) is 0. The quantitative estimate of drug-likeness (QED) is 0.700. The molecule has 0 atom stereocenters. The summed E-state index contributed by atoms with van der Waals surface area (Å²) in [5.41, 5.74) is 3.65. The van der Waals surface area contributed by atoms with E-state index in [2.05, 4.69) is 54.8 Å². The fourth-order valence-electron chi connectivity index (χ4n) is 5.23. The second kappa shape index (κ2) is 7.54. The SMILES string of the molecule is CC(C)(C)C1CCC(c2ccccc2N2CCN(CC3CC3)CC2)CC1. The van der Waals surface area contributed by atoms with E-state index in [0.717, 1.165) is 17.8 Å². The summed E-state index contributed by atoms with van der Waals surface area (Å²) in [6, 6.07) is 9.32. The van der Waals surface area contributed by atoms with E-state index in [9.17, 15) is 0 Å². The summed E-state index contributed by atoms with van der Waals surface area (Å²) in [6.07, 6.45) is 8.50. The van der Waals surface area contributed by atoms with E-state index in [0.29, 0.717) is 5.41 Å². The van der Waals surface area contributed by atoms with Crippen molar-refractivity contribution in [2.45, 2.75) is 65.2 Å². The highest BCUT2D eigenvalue weighted by Crippen LogP contribution is 2.45. The molecular formula is C24H38N2. The summed E-state index contributed by atoms with van der Waals surface area (Å²) in [5.74, 6) is 2.69. The van der Waals surface area contributed by atoms with Gasteiger partial charge in [-0.05, 0) is 73.3 Å². The first kappa shape index (κ1) is 18.3. The zero-order valence-corrected chi connectivity index (χ0v) is 17.2. The third-order valence-electron chi connectivity index (χ3n) is 7.25. The van der Waals surface area contributed by atoms with Crippen molar-refractivity contribution < 1.29 is 0 Å². The van der Waals surface area contributed by atoms with Crippen LogP contribution in [-0.4, -0.2) is 37.6 Å². The Morgan fingerprint density at radius 3 is 2.12 bits per heavy atom. The molecule has 26 heavy (non-hydrogen) atoms. The van der Waals surface area contributed by atoms with Crippen molar-refractivity contribution in [3.63, 3.8) is 0 Å². The van der Waals surface area contributed by atoms with E-state index in [-0.39, 0.29) is 0 Å². The van der Waals surface area contributed by atoms with Crippen molar-refractivity contribution in [1.29, 1.82) is 0 Å². The Hall–Kier alpha value is -1.02. The van der Waals surface area contributed by atoms with Gasteiger partial charge in [0, 0.05) is 38.4 Å². The molecule has 1 saturated heterocycles. The molecule has 3 fully saturated rings. The van der Waals surface area contributed by atoms with E-state index in [1.165, 1.54) is 76.9 Å². The fourth-order valence-corrected chi connectivity index (χ4v) is 5.23. The number of rotatable bonds is 4. The van der Waals surface area contributed by atoms with Crippen LogP contribution >= 0.6 is 0 Å². The average molecular weight is 355 g/mol. The molecule has 0 spiro atoms. The molecule has 1 aromatic rings. The van der Waals surface area contributed by atoms with Crippen molar-refractivity contribution in [2.24, 2.45) is 17.3 Å². The molecule has 4 rings (SSSR count). The number of para-hydroxylation sites is 1. The van der Waals surface area contributed by atoms with Crippen LogP contribution < -0.4 is 4.90 Å². The molecule has 1 aliphatic heterocycles. The van der Waals surface area contributed by atoms with E-state index >= 15 is 0 Å². The monoisotopic (exact) mass is 354 g/mol. The molecule has 2 nitrogen and oxygen atoms in total. The number of anilines is 1. The minimum atomic E-state index is 0.475. The summed E-state index contributed by atoms with van der Waals surface area (Å²) < 4.78 is 0. The van der Waals surface area contributed by atoms with Gasteiger partial charge in [-0.3, -0.25) is 4.90 Å². The van der Waals surface area contributed by atoms with Gasteiger partial charge < -0.3 is 4.90 Å². The van der Waals surface area contributed by atoms with Gasteiger partial charge in [0.15, 0.2) is 0 Å². The molecule has 0 radical (unpaired) electrons. The van der Waals surface area contributed by atoms with Gasteiger partial charge in [0.1, 0.15) is 0 Å². The van der Waals surface area contributed by atoms with Gasteiger partial charge in [0.25, 0.3) is 0 Å². The van der Waals surface area contributed by atoms with E-state index in [1.807, 2.05) is 0 Å². The predicted molar refractivity (Wildman–Crippen MR) is 112 cm³/mol. The van der Waals surface area contributed by atoms with Gasteiger partial charge in [-0.25, -0.2) is 0 Å². The molecule has 1 aromatic carbocycles. The van der Waals surface area contributed by atoms with Crippen LogP contribution in [0.5, 0.6) is 0 Å². The molecule has 0 amide bonds. The van der Waals surface area contributed by atoms with Crippen molar-refractivity contribution in [2.75, 3.05) is 37.6 Å². The fraction of sp³-hybridized carbons (Fsp3) is 0.750. The Morgan fingerprint density at radius 2 is 1.50 bits per heavy atom. The van der Waals surface area contributed by atoms with Crippen LogP contribution in [0.15, 0.2) is 24.3 Å². The molecule has 0 N–H and O–H groups in total. The van der Waals surface area contributed by atoms with Gasteiger partial charge in [-0.1, -0.05) is 39.0 Å². The van der Waals surface area contributed by atoms with Crippen LogP contribution in [-0.2, 0) is 0 Å². The van der Waals surface area contributed by atoms with E-state index < -0.39 is 0 Å². The Bertz CT molecular complexity index is 582. The molecule has 0 unspecified atom stereocenters. The number of piperazine rings is 1. The van der Waals surface area contributed by atoms with Crippen LogP contribution in [0.25, 0.3) is 0 Å². The number of nitrogens with zero attached hydrogens (tertiary/aromatic N) is 2. The Kier molecular flexibility index (Phi) is 5.32. The lowest BCUT2D eigenvalue weighted by Gasteiger charge is -2.40. The Morgan fingerprint density at radius 1 is 0.846 bits per heavy atom. The first-order valence-corrected chi connectivity index (χ1v) is 11.1. The zero-order valence-electron chi connectivity index (χ0n) is 17.2. The smallest absolute Gasteiger partial charge is 0.0402 e. The van der Waals surface area contributed by atoms with Crippen LogP contribution in [0.2, 0.25) is 0 Å². The molecule has 3 aliphatic rings. The largest absolute Gasteiger partial charge is 0.369 e. The normalized spacial score (nSPS) is 28.3. The topological polar surface area (TPSA) is 6.48 Å². The van der Waals surface area contributed by atoms with Crippen LogP contribution in [0, 0.1) is 17.3 Å². The highest BCUT2D eigenvalue weighted by molar-refractivity contribution is 5.55. The third-order valence-corrected chi connectivity index (χ3v) is 7.25. The van der Waals surface area contributed by atoms with E-state index in [4.69, 9.17) is 0 Å². The van der Waals surface area contributed by atoms with Crippen LogP contribution in [0.4, 0.5) is 5.69 Å². The molecule has 2 aliphatic carbocycles. The minimum Gasteiger partial charge on any atom is -0.369 e. The lowest BCUT2D eigenvalue weighted by molar-refractivity contribution is 0.169. The minimum absolute atomic E-state index is 0.475. The maximum Gasteiger partial charge on any atom is 0.0402 e. The highest BCUT2D eigenvalue weighted by atomic mass is 15.3. The first-order chi connectivity index (χ1) is 12.5. The lowest BCUT2D eigenvalue weighted by atomic mass is 9.68. The molecule has 0 bridgehead atoms. The zero-order chi connectivity index (χ0) is 18.1. The Balaban J connectivity index is 1.39. The van der Waals surface area contributed by atoms with Gasteiger partial charge in [-0.2, -0.15) is 0 Å². The molecule has 0 aromatic heterocycles. The molecule has 1 heterocycles. The van der Waals surface area contributed by atoms with Gasteiger partial charge in [-0.15, -0.1) is 0 Å². The number of hydrogen-bond acceptors (Lipinski definition) is 2. The second-order valence-electron chi connectivity index (χ2n) is 10.2. The molecule has 2 heteroatoms. The third kappa shape index (κ3) is 4.27. The summed E-state index contributed by atoms with van der Waals surface area (Å²) in [4.78, 5) is 5.37. The van der Waals surface area contributed by atoms with Gasteiger partial charge >= 0.3 is 0 Å². The molecule has 144 valence electrons. The Labute approximate surface area is 161 Å². The van der Waals surface area contributed by atoms with Crippen molar-refractivity contribution >= 4 is 5.69 Å². The summed E-state index contributed by atoms with van der Waals surface area (Å²) in [6.45, 7) is 13.5. The lowest BCUT2D eigenvalue weighted by Crippen LogP contribution is -2.47. The number of hydrogen-bond donors (Lipinski definition) is 0. The molecule has 2 saturated carbocycles. The van der Waals surface area contributed by atoms with Crippen molar-refractivity contribution in [1.82, 2.24) is 4.90 Å². The summed E-state index contributed by atoms with van der Waals surface area (Å²) in [5, 5.41) is 0. The van der Waals surface area contributed by atoms with Crippen LogP contribution in [0.3, 0.4) is 0 Å².